The summed E-state index contributed by atoms with van der Waals surface area (Å²) in [6.07, 6.45) is 0.692. The van der Waals surface area contributed by atoms with Gasteiger partial charge in [-0.15, -0.1) is 0 Å². The second kappa shape index (κ2) is 3.79. The summed E-state index contributed by atoms with van der Waals surface area (Å²) >= 11 is 0. The molecule has 0 aliphatic carbocycles. The van der Waals surface area contributed by atoms with E-state index in [4.69, 9.17) is 10.8 Å². The topological polar surface area (TPSA) is 49.5 Å². The molecule has 82 valence electrons. The number of halogens is 1. The summed E-state index contributed by atoms with van der Waals surface area (Å²) in [7, 11) is 0. The maximum absolute atomic E-state index is 13.5. The van der Waals surface area contributed by atoms with Gasteiger partial charge in [0.1, 0.15) is 5.82 Å². The van der Waals surface area contributed by atoms with Gasteiger partial charge in [-0.2, -0.15) is 0 Å². The van der Waals surface area contributed by atoms with Gasteiger partial charge in [-0.05, 0) is 18.6 Å². The van der Waals surface area contributed by atoms with Crippen molar-refractivity contribution in [2.75, 3.05) is 24.6 Å². The Morgan fingerprint density at radius 2 is 2.20 bits per heavy atom. The Morgan fingerprint density at radius 1 is 1.47 bits per heavy atom. The molecule has 0 aromatic heterocycles. The Kier molecular flexibility index (Phi) is 2.63. The minimum absolute atomic E-state index is 0.0576. The standard InChI is InChI=1S/C11H15FN2O/c12-9-3-1-2-4-10(9)14-6-5-11(13,7-14)8-15/h1-4,15H,5-8,13H2. The summed E-state index contributed by atoms with van der Waals surface area (Å²) in [6, 6.07) is 6.63. The van der Waals surface area contributed by atoms with Gasteiger partial charge in [-0.1, -0.05) is 12.1 Å². The SMILES string of the molecule is NC1(CO)CCN(c2ccccc2F)C1. The van der Waals surface area contributed by atoms with E-state index >= 15 is 0 Å². The Hall–Kier alpha value is -1.13. The van der Waals surface area contributed by atoms with Gasteiger partial charge in [-0.3, -0.25) is 0 Å². The van der Waals surface area contributed by atoms with Crippen LogP contribution >= 0.6 is 0 Å². The van der Waals surface area contributed by atoms with Gasteiger partial charge in [0.15, 0.2) is 0 Å². The number of para-hydroxylation sites is 1. The number of hydrogen-bond donors (Lipinski definition) is 2. The van der Waals surface area contributed by atoms with Gasteiger partial charge in [0.2, 0.25) is 0 Å². The first-order chi connectivity index (χ1) is 7.14. The number of nitrogens with zero attached hydrogens (tertiary/aromatic N) is 1. The van der Waals surface area contributed by atoms with Crippen molar-refractivity contribution < 1.29 is 9.50 Å². The molecule has 1 aliphatic heterocycles. The molecule has 1 aliphatic rings. The van der Waals surface area contributed by atoms with E-state index in [1.807, 2.05) is 4.90 Å². The average molecular weight is 210 g/mol. The van der Waals surface area contributed by atoms with E-state index in [9.17, 15) is 4.39 Å². The molecule has 0 spiro atoms. The largest absolute Gasteiger partial charge is 0.394 e. The van der Waals surface area contributed by atoms with Crippen molar-refractivity contribution >= 4 is 5.69 Å². The van der Waals surface area contributed by atoms with Crippen LogP contribution in [-0.4, -0.2) is 30.3 Å². The Labute approximate surface area is 88.3 Å². The smallest absolute Gasteiger partial charge is 0.146 e. The van der Waals surface area contributed by atoms with Gasteiger partial charge in [0.05, 0.1) is 17.8 Å². The lowest BCUT2D eigenvalue weighted by molar-refractivity contribution is 0.210. The van der Waals surface area contributed by atoms with E-state index in [0.29, 0.717) is 25.2 Å². The third-order valence-corrected chi connectivity index (χ3v) is 2.89. The second-order valence-electron chi connectivity index (χ2n) is 4.14. The molecule has 1 unspecified atom stereocenters. The molecule has 2 rings (SSSR count). The summed E-state index contributed by atoms with van der Waals surface area (Å²) in [4.78, 5) is 1.88. The highest BCUT2D eigenvalue weighted by Crippen LogP contribution is 2.26. The van der Waals surface area contributed by atoms with E-state index in [2.05, 4.69) is 0 Å². The maximum atomic E-state index is 13.5. The minimum atomic E-state index is -0.581. The fraction of sp³-hybridized carbons (Fsp3) is 0.455. The highest BCUT2D eigenvalue weighted by molar-refractivity contribution is 5.49. The fourth-order valence-corrected chi connectivity index (χ4v) is 1.94. The Balaban J connectivity index is 2.18. The predicted molar refractivity (Wildman–Crippen MR) is 57.2 cm³/mol. The van der Waals surface area contributed by atoms with Gasteiger partial charge in [-0.25, -0.2) is 4.39 Å². The molecule has 1 saturated heterocycles. The molecule has 0 saturated carbocycles. The lowest BCUT2D eigenvalue weighted by Gasteiger charge is -2.23. The van der Waals surface area contributed by atoms with Crippen LogP contribution in [-0.2, 0) is 0 Å². The normalized spacial score (nSPS) is 25.9. The third-order valence-electron chi connectivity index (χ3n) is 2.89. The molecule has 15 heavy (non-hydrogen) atoms. The van der Waals surface area contributed by atoms with Crippen molar-refractivity contribution in [2.24, 2.45) is 5.73 Å². The van der Waals surface area contributed by atoms with Crippen molar-refractivity contribution in [3.63, 3.8) is 0 Å². The zero-order chi connectivity index (χ0) is 10.9. The summed E-state index contributed by atoms with van der Waals surface area (Å²) in [5.74, 6) is -0.236. The molecule has 0 bridgehead atoms. The lowest BCUT2D eigenvalue weighted by Crippen LogP contribution is -2.46. The number of rotatable bonds is 2. The zero-order valence-corrected chi connectivity index (χ0v) is 8.49. The zero-order valence-electron chi connectivity index (χ0n) is 8.49. The second-order valence-corrected chi connectivity index (χ2v) is 4.14. The molecule has 1 fully saturated rings. The van der Waals surface area contributed by atoms with Crippen LogP contribution in [0.5, 0.6) is 0 Å². The van der Waals surface area contributed by atoms with Crippen LogP contribution in [0.4, 0.5) is 10.1 Å². The molecular weight excluding hydrogens is 195 g/mol. The van der Waals surface area contributed by atoms with Crippen LogP contribution in [0.25, 0.3) is 0 Å². The summed E-state index contributed by atoms with van der Waals surface area (Å²) < 4.78 is 13.5. The highest BCUT2D eigenvalue weighted by Gasteiger charge is 2.34. The molecule has 1 heterocycles. The summed E-state index contributed by atoms with van der Waals surface area (Å²) in [6.45, 7) is 1.14. The van der Waals surface area contributed by atoms with Gasteiger partial charge < -0.3 is 15.7 Å². The third kappa shape index (κ3) is 1.96. The predicted octanol–water partition coefficient (Wildman–Crippen LogP) is 0.726. The van der Waals surface area contributed by atoms with Crippen LogP contribution in [0.3, 0.4) is 0 Å². The highest BCUT2D eigenvalue weighted by atomic mass is 19.1. The van der Waals surface area contributed by atoms with E-state index < -0.39 is 5.54 Å². The monoisotopic (exact) mass is 210 g/mol. The average Bonchev–Trinajstić information content (AvgIpc) is 2.63. The summed E-state index contributed by atoms with van der Waals surface area (Å²) in [5, 5.41) is 9.11. The number of aliphatic hydroxyl groups excluding tert-OH is 1. The molecule has 3 nitrogen and oxygen atoms in total. The minimum Gasteiger partial charge on any atom is -0.394 e. The van der Waals surface area contributed by atoms with Crippen molar-refractivity contribution in [1.82, 2.24) is 0 Å². The number of nitrogens with two attached hydrogens (primary N) is 1. The van der Waals surface area contributed by atoms with E-state index in [1.54, 1.807) is 18.2 Å². The molecule has 0 radical (unpaired) electrons. The number of hydrogen-bond acceptors (Lipinski definition) is 3. The number of benzene rings is 1. The first kappa shape index (κ1) is 10.4. The molecule has 1 atom stereocenters. The van der Waals surface area contributed by atoms with E-state index in [0.717, 1.165) is 0 Å². The van der Waals surface area contributed by atoms with Gasteiger partial charge in [0, 0.05) is 13.1 Å². The fourth-order valence-electron chi connectivity index (χ4n) is 1.94. The van der Waals surface area contributed by atoms with Crippen molar-refractivity contribution in [3.8, 4) is 0 Å². The van der Waals surface area contributed by atoms with E-state index in [1.165, 1.54) is 6.07 Å². The first-order valence-electron chi connectivity index (χ1n) is 5.04. The summed E-state index contributed by atoms with van der Waals surface area (Å²) in [5.41, 5.74) is 5.91. The first-order valence-corrected chi connectivity index (χ1v) is 5.04. The molecule has 4 heteroatoms. The Morgan fingerprint density at radius 3 is 2.80 bits per heavy atom. The number of anilines is 1. The molecular formula is C11H15FN2O. The lowest BCUT2D eigenvalue weighted by atomic mass is 10.0. The van der Waals surface area contributed by atoms with Crippen molar-refractivity contribution in [1.29, 1.82) is 0 Å². The van der Waals surface area contributed by atoms with Crippen molar-refractivity contribution in [3.05, 3.63) is 30.1 Å². The molecule has 0 amide bonds. The quantitative estimate of drug-likeness (QED) is 0.756. The van der Waals surface area contributed by atoms with Gasteiger partial charge in [0.25, 0.3) is 0 Å². The van der Waals surface area contributed by atoms with Crippen LogP contribution in [0, 0.1) is 5.82 Å². The molecule has 1 aromatic carbocycles. The van der Waals surface area contributed by atoms with Crippen LogP contribution in [0.2, 0.25) is 0 Å². The van der Waals surface area contributed by atoms with Crippen LogP contribution in [0.15, 0.2) is 24.3 Å². The Bertz CT molecular complexity index is 358. The molecule has 3 N–H and O–H groups in total. The molecule has 1 aromatic rings. The number of aliphatic hydroxyl groups is 1. The van der Waals surface area contributed by atoms with E-state index in [-0.39, 0.29) is 12.4 Å². The maximum Gasteiger partial charge on any atom is 0.146 e. The van der Waals surface area contributed by atoms with Crippen LogP contribution < -0.4 is 10.6 Å². The van der Waals surface area contributed by atoms with Gasteiger partial charge >= 0.3 is 0 Å². The van der Waals surface area contributed by atoms with Crippen LogP contribution in [0.1, 0.15) is 6.42 Å². The van der Waals surface area contributed by atoms with Crippen molar-refractivity contribution in [2.45, 2.75) is 12.0 Å².